The second-order valence-electron chi connectivity index (χ2n) is 4.06. The number of halogens is 3. The zero-order valence-corrected chi connectivity index (χ0v) is 10.9. The Labute approximate surface area is 118 Å². The minimum atomic E-state index is -4.51. The standard InChI is InChI=1S/C13H11F3N4O/c1-17-10-7-18-5-4-9(10)12(21)20-8-2-3-11(19-6-8)13(14,15)16/h2-7,17H,1H3,(H,20,21). The molecule has 21 heavy (non-hydrogen) atoms. The second-order valence-corrected chi connectivity index (χ2v) is 4.06. The van der Waals surface area contributed by atoms with Crippen molar-refractivity contribution in [3.8, 4) is 0 Å². The van der Waals surface area contributed by atoms with Crippen LogP contribution in [0.5, 0.6) is 0 Å². The van der Waals surface area contributed by atoms with Crippen LogP contribution in [0.25, 0.3) is 0 Å². The lowest BCUT2D eigenvalue weighted by Crippen LogP contribution is -2.15. The van der Waals surface area contributed by atoms with Gasteiger partial charge in [0.1, 0.15) is 5.69 Å². The van der Waals surface area contributed by atoms with Crippen molar-refractivity contribution in [1.29, 1.82) is 0 Å². The maximum absolute atomic E-state index is 12.4. The van der Waals surface area contributed by atoms with E-state index < -0.39 is 17.8 Å². The Hall–Kier alpha value is -2.64. The molecule has 0 aromatic carbocycles. The van der Waals surface area contributed by atoms with E-state index in [1.54, 1.807) is 7.05 Å². The van der Waals surface area contributed by atoms with Crippen molar-refractivity contribution in [3.05, 3.63) is 48.0 Å². The van der Waals surface area contributed by atoms with Crippen LogP contribution in [0.4, 0.5) is 24.5 Å². The molecule has 0 aliphatic carbocycles. The number of pyridine rings is 2. The van der Waals surface area contributed by atoms with Gasteiger partial charge in [0.15, 0.2) is 0 Å². The number of nitrogens with one attached hydrogen (secondary N) is 2. The Balaban J connectivity index is 2.16. The number of anilines is 2. The molecule has 110 valence electrons. The number of carbonyl (C=O) groups is 1. The predicted octanol–water partition coefficient (Wildman–Crippen LogP) is 2.79. The Kier molecular flexibility index (Phi) is 4.06. The summed E-state index contributed by atoms with van der Waals surface area (Å²) in [7, 11) is 1.63. The number of rotatable bonds is 3. The van der Waals surface area contributed by atoms with Gasteiger partial charge in [-0.25, -0.2) is 4.98 Å². The van der Waals surface area contributed by atoms with Crippen LogP contribution in [-0.2, 0) is 6.18 Å². The molecule has 0 bridgehead atoms. The van der Waals surface area contributed by atoms with Gasteiger partial charge in [0.05, 0.1) is 29.3 Å². The highest BCUT2D eigenvalue weighted by Gasteiger charge is 2.32. The lowest BCUT2D eigenvalue weighted by atomic mass is 10.2. The molecule has 2 rings (SSSR count). The first-order valence-corrected chi connectivity index (χ1v) is 5.88. The normalized spacial score (nSPS) is 11.0. The molecule has 0 saturated carbocycles. The molecule has 0 spiro atoms. The average molecular weight is 296 g/mol. The topological polar surface area (TPSA) is 66.9 Å². The molecule has 2 heterocycles. The van der Waals surface area contributed by atoms with E-state index in [1.807, 2.05) is 0 Å². The molecule has 0 aliphatic rings. The zero-order valence-electron chi connectivity index (χ0n) is 10.9. The van der Waals surface area contributed by atoms with E-state index in [4.69, 9.17) is 0 Å². The summed E-state index contributed by atoms with van der Waals surface area (Å²) in [6, 6.07) is 3.45. The van der Waals surface area contributed by atoms with Crippen molar-refractivity contribution < 1.29 is 18.0 Å². The highest BCUT2D eigenvalue weighted by atomic mass is 19.4. The molecule has 0 aliphatic heterocycles. The largest absolute Gasteiger partial charge is 0.433 e. The van der Waals surface area contributed by atoms with Crippen molar-refractivity contribution in [2.45, 2.75) is 6.18 Å². The smallest absolute Gasteiger partial charge is 0.386 e. The fourth-order valence-corrected chi connectivity index (χ4v) is 1.63. The van der Waals surface area contributed by atoms with Crippen molar-refractivity contribution in [2.24, 2.45) is 0 Å². The Morgan fingerprint density at radius 2 is 1.95 bits per heavy atom. The SMILES string of the molecule is CNc1cnccc1C(=O)Nc1ccc(C(F)(F)F)nc1. The van der Waals surface area contributed by atoms with Gasteiger partial charge in [-0.1, -0.05) is 0 Å². The third-order valence-electron chi connectivity index (χ3n) is 2.65. The summed E-state index contributed by atoms with van der Waals surface area (Å²) < 4.78 is 37.1. The molecule has 1 amide bonds. The van der Waals surface area contributed by atoms with E-state index in [1.165, 1.54) is 18.5 Å². The number of hydrogen-bond donors (Lipinski definition) is 2. The van der Waals surface area contributed by atoms with Crippen LogP contribution in [0, 0.1) is 0 Å². The number of carbonyl (C=O) groups excluding carboxylic acids is 1. The van der Waals surface area contributed by atoms with Gasteiger partial charge >= 0.3 is 6.18 Å². The van der Waals surface area contributed by atoms with Gasteiger partial charge < -0.3 is 10.6 Å². The molecular weight excluding hydrogens is 285 g/mol. The summed E-state index contributed by atoms with van der Waals surface area (Å²) >= 11 is 0. The lowest BCUT2D eigenvalue weighted by molar-refractivity contribution is -0.141. The van der Waals surface area contributed by atoms with E-state index in [0.29, 0.717) is 11.3 Å². The van der Waals surface area contributed by atoms with Crippen LogP contribution in [-0.4, -0.2) is 22.9 Å². The fraction of sp³-hybridized carbons (Fsp3) is 0.154. The first-order chi connectivity index (χ1) is 9.91. The Morgan fingerprint density at radius 1 is 1.19 bits per heavy atom. The van der Waals surface area contributed by atoms with Crippen molar-refractivity contribution >= 4 is 17.3 Å². The maximum Gasteiger partial charge on any atom is 0.433 e. The van der Waals surface area contributed by atoms with Crippen LogP contribution in [0.1, 0.15) is 16.1 Å². The van der Waals surface area contributed by atoms with E-state index in [0.717, 1.165) is 18.3 Å². The van der Waals surface area contributed by atoms with Crippen molar-refractivity contribution in [1.82, 2.24) is 9.97 Å². The predicted molar refractivity (Wildman–Crippen MR) is 71.0 cm³/mol. The second kappa shape index (κ2) is 5.78. The summed E-state index contributed by atoms with van der Waals surface area (Å²) in [5, 5.41) is 5.28. The molecular formula is C13H11F3N4O. The van der Waals surface area contributed by atoms with Gasteiger partial charge in [-0.2, -0.15) is 13.2 Å². The molecule has 0 atom stereocenters. The maximum atomic E-state index is 12.4. The number of amides is 1. The van der Waals surface area contributed by atoms with Gasteiger partial charge in [0.25, 0.3) is 5.91 Å². The summed E-state index contributed by atoms with van der Waals surface area (Å²) in [6.45, 7) is 0. The van der Waals surface area contributed by atoms with E-state index in [-0.39, 0.29) is 5.69 Å². The van der Waals surface area contributed by atoms with Crippen LogP contribution >= 0.6 is 0 Å². The molecule has 2 N–H and O–H groups in total. The fourth-order valence-electron chi connectivity index (χ4n) is 1.63. The number of aromatic nitrogens is 2. The van der Waals surface area contributed by atoms with Gasteiger partial charge in [-0.15, -0.1) is 0 Å². The molecule has 8 heteroatoms. The number of hydrogen-bond acceptors (Lipinski definition) is 4. The average Bonchev–Trinajstić information content (AvgIpc) is 2.46. The van der Waals surface area contributed by atoms with Crippen LogP contribution in [0.15, 0.2) is 36.8 Å². The minimum Gasteiger partial charge on any atom is -0.386 e. The summed E-state index contributed by atoms with van der Waals surface area (Å²) in [5.74, 6) is -0.469. The van der Waals surface area contributed by atoms with Gasteiger partial charge in [-0.05, 0) is 18.2 Å². The minimum absolute atomic E-state index is 0.173. The van der Waals surface area contributed by atoms with Crippen LogP contribution < -0.4 is 10.6 Å². The highest BCUT2D eigenvalue weighted by molar-refractivity contribution is 6.07. The first kappa shape index (κ1) is 14.8. The molecule has 2 aromatic rings. The number of nitrogens with zero attached hydrogens (tertiary/aromatic N) is 2. The molecule has 0 radical (unpaired) electrons. The third-order valence-corrected chi connectivity index (χ3v) is 2.65. The van der Waals surface area contributed by atoms with Crippen LogP contribution in [0.3, 0.4) is 0 Å². The van der Waals surface area contributed by atoms with Crippen molar-refractivity contribution in [3.63, 3.8) is 0 Å². The lowest BCUT2D eigenvalue weighted by Gasteiger charge is -2.10. The summed E-state index contributed by atoms with van der Waals surface area (Å²) in [5.41, 5.74) is -0.00513. The molecule has 0 unspecified atom stereocenters. The molecule has 0 saturated heterocycles. The summed E-state index contributed by atoms with van der Waals surface area (Å²) in [6.07, 6.45) is -0.630. The van der Waals surface area contributed by atoms with Gasteiger partial charge in [0, 0.05) is 13.2 Å². The molecule has 5 nitrogen and oxygen atoms in total. The van der Waals surface area contributed by atoms with Crippen molar-refractivity contribution in [2.75, 3.05) is 17.7 Å². The zero-order chi connectivity index (χ0) is 15.5. The van der Waals surface area contributed by atoms with Crippen LogP contribution in [0.2, 0.25) is 0 Å². The quantitative estimate of drug-likeness (QED) is 0.914. The first-order valence-electron chi connectivity index (χ1n) is 5.88. The van der Waals surface area contributed by atoms with Gasteiger partial charge in [0.2, 0.25) is 0 Å². The monoisotopic (exact) mass is 296 g/mol. The number of alkyl halides is 3. The highest BCUT2D eigenvalue weighted by Crippen LogP contribution is 2.27. The van der Waals surface area contributed by atoms with Gasteiger partial charge in [-0.3, -0.25) is 9.78 Å². The molecule has 0 fully saturated rings. The van der Waals surface area contributed by atoms with E-state index in [9.17, 15) is 18.0 Å². The van der Waals surface area contributed by atoms with E-state index in [2.05, 4.69) is 20.6 Å². The third kappa shape index (κ3) is 3.47. The Morgan fingerprint density at radius 3 is 2.52 bits per heavy atom. The van der Waals surface area contributed by atoms with E-state index >= 15 is 0 Å². The Bertz CT molecular complexity index is 641. The molecule has 2 aromatic heterocycles. The summed E-state index contributed by atoms with van der Waals surface area (Å²) in [4.78, 5) is 19.2.